The number of hydrogen-bond donors (Lipinski definition) is 3. The van der Waals surface area contributed by atoms with Crippen LogP contribution in [0.1, 0.15) is 0 Å². The predicted octanol–water partition coefficient (Wildman–Crippen LogP) is -0.341. The van der Waals surface area contributed by atoms with Gasteiger partial charge in [-0.05, 0) is 0 Å². The SMILES string of the molecule is C=CCOC[C@H](CO)OP(=O)(O)O. The zero-order valence-corrected chi connectivity index (χ0v) is 7.89. The lowest BCUT2D eigenvalue weighted by atomic mass is 10.4. The summed E-state index contributed by atoms with van der Waals surface area (Å²) in [6.45, 7) is 3.01. The molecule has 0 saturated heterocycles. The summed E-state index contributed by atoms with van der Waals surface area (Å²) in [5.74, 6) is 0. The van der Waals surface area contributed by atoms with Crippen LogP contribution in [-0.4, -0.2) is 40.8 Å². The van der Waals surface area contributed by atoms with E-state index in [0.29, 0.717) is 0 Å². The summed E-state index contributed by atoms with van der Waals surface area (Å²) in [6, 6.07) is 0. The van der Waals surface area contributed by atoms with E-state index in [-0.39, 0.29) is 13.2 Å². The molecule has 0 aliphatic rings. The first kappa shape index (κ1) is 12.8. The van der Waals surface area contributed by atoms with Crippen molar-refractivity contribution in [2.45, 2.75) is 6.10 Å². The van der Waals surface area contributed by atoms with Crippen LogP contribution in [0.5, 0.6) is 0 Å². The zero-order chi connectivity index (χ0) is 10.3. The maximum absolute atomic E-state index is 10.3. The highest BCUT2D eigenvalue weighted by molar-refractivity contribution is 7.46. The second kappa shape index (κ2) is 6.26. The van der Waals surface area contributed by atoms with Crippen molar-refractivity contribution < 1.29 is 28.7 Å². The average molecular weight is 212 g/mol. The average Bonchev–Trinajstić information content (AvgIpc) is 2.01. The van der Waals surface area contributed by atoms with Crippen LogP contribution in [0, 0.1) is 0 Å². The molecule has 0 aromatic heterocycles. The molecule has 0 aliphatic carbocycles. The lowest BCUT2D eigenvalue weighted by Crippen LogP contribution is -2.22. The summed E-state index contributed by atoms with van der Waals surface area (Å²) in [4.78, 5) is 16.8. The molecule has 0 fully saturated rings. The minimum atomic E-state index is -4.55. The number of rotatable bonds is 7. The molecule has 0 heterocycles. The fourth-order valence-electron chi connectivity index (χ4n) is 0.593. The summed E-state index contributed by atoms with van der Waals surface area (Å²) in [6.07, 6.45) is 0.465. The van der Waals surface area contributed by atoms with Crippen molar-refractivity contribution in [2.75, 3.05) is 19.8 Å². The molecule has 1 atom stereocenters. The van der Waals surface area contributed by atoms with Crippen molar-refractivity contribution >= 4 is 7.82 Å². The van der Waals surface area contributed by atoms with Gasteiger partial charge >= 0.3 is 7.82 Å². The molecular weight excluding hydrogens is 199 g/mol. The summed E-state index contributed by atoms with van der Waals surface area (Å²) in [5, 5.41) is 8.61. The van der Waals surface area contributed by atoms with Gasteiger partial charge in [0, 0.05) is 0 Å². The van der Waals surface area contributed by atoms with Gasteiger partial charge in [-0.2, -0.15) is 0 Å². The van der Waals surface area contributed by atoms with Crippen LogP contribution >= 0.6 is 7.82 Å². The Morgan fingerprint density at radius 1 is 1.54 bits per heavy atom. The van der Waals surface area contributed by atoms with Gasteiger partial charge in [-0.25, -0.2) is 4.57 Å². The minimum absolute atomic E-state index is 0.0897. The third-order valence-electron chi connectivity index (χ3n) is 1.03. The predicted molar refractivity (Wildman–Crippen MR) is 45.0 cm³/mol. The van der Waals surface area contributed by atoms with E-state index >= 15 is 0 Å². The molecule has 3 N–H and O–H groups in total. The van der Waals surface area contributed by atoms with Crippen molar-refractivity contribution in [2.24, 2.45) is 0 Å². The van der Waals surface area contributed by atoms with Crippen LogP contribution in [0.3, 0.4) is 0 Å². The number of ether oxygens (including phenoxy) is 1. The van der Waals surface area contributed by atoms with Crippen LogP contribution in [0.25, 0.3) is 0 Å². The fourth-order valence-corrected chi connectivity index (χ4v) is 1.11. The van der Waals surface area contributed by atoms with E-state index in [1.165, 1.54) is 6.08 Å². The molecule has 0 bridgehead atoms. The van der Waals surface area contributed by atoms with Crippen LogP contribution in [0.2, 0.25) is 0 Å². The largest absolute Gasteiger partial charge is 0.470 e. The number of phosphoric acid groups is 1. The van der Waals surface area contributed by atoms with E-state index in [2.05, 4.69) is 11.1 Å². The van der Waals surface area contributed by atoms with Gasteiger partial charge in [0.15, 0.2) is 0 Å². The Labute approximate surface area is 76.0 Å². The zero-order valence-electron chi connectivity index (χ0n) is 7.00. The quantitative estimate of drug-likeness (QED) is 0.303. The highest BCUT2D eigenvalue weighted by Gasteiger charge is 2.21. The van der Waals surface area contributed by atoms with Crippen molar-refractivity contribution in [3.05, 3.63) is 12.7 Å². The molecule has 78 valence electrons. The minimum Gasteiger partial charge on any atom is -0.394 e. The first-order valence-electron chi connectivity index (χ1n) is 3.53. The van der Waals surface area contributed by atoms with Crippen LogP contribution in [0.15, 0.2) is 12.7 Å². The van der Waals surface area contributed by atoms with Crippen molar-refractivity contribution in [3.63, 3.8) is 0 Å². The Morgan fingerprint density at radius 3 is 2.54 bits per heavy atom. The number of aliphatic hydroxyl groups is 1. The van der Waals surface area contributed by atoms with Gasteiger partial charge in [-0.3, -0.25) is 4.52 Å². The molecule has 0 aromatic carbocycles. The lowest BCUT2D eigenvalue weighted by molar-refractivity contribution is 0.0130. The molecule has 7 heteroatoms. The van der Waals surface area contributed by atoms with E-state index in [1.54, 1.807) is 0 Å². The maximum atomic E-state index is 10.3. The van der Waals surface area contributed by atoms with Crippen molar-refractivity contribution in [1.82, 2.24) is 0 Å². The normalized spacial score (nSPS) is 14.1. The second-order valence-electron chi connectivity index (χ2n) is 2.23. The Balaban J connectivity index is 3.76. The Morgan fingerprint density at radius 2 is 2.15 bits per heavy atom. The highest BCUT2D eigenvalue weighted by atomic mass is 31.2. The Kier molecular flexibility index (Phi) is 6.15. The molecule has 6 nitrogen and oxygen atoms in total. The van der Waals surface area contributed by atoms with E-state index in [4.69, 9.17) is 19.6 Å². The van der Waals surface area contributed by atoms with E-state index in [0.717, 1.165) is 0 Å². The van der Waals surface area contributed by atoms with E-state index in [9.17, 15) is 4.57 Å². The first-order valence-corrected chi connectivity index (χ1v) is 5.06. The van der Waals surface area contributed by atoms with Gasteiger partial charge in [0.2, 0.25) is 0 Å². The maximum Gasteiger partial charge on any atom is 0.470 e. The molecule has 0 rings (SSSR count). The lowest BCUT2D eigenvalue weighted by Gasteiger charge is -2.15. The van der Waals surface area contributed by atoms with Gasteiger partial charge in [0.25, 0.3) is 0 Å². The summed E-state index contributed by atoms with van der Waals surface area (Å²) >= 11 is 0. The first-order chi connectivity index (χ1) is 5.99. The number of aliphatic hydroxyl groups excluding tert-OH is 1. The van der Waals surface area contributed by atoms with E-state index < -0.39 is 20.5 Å². The molecule has 0 spiro atoms. The summed E-state index contributed by atoms with van der Waals surface area (Å²) < 4.78 is 19.3. The van der Waals surface area contributed by atoms with Crippen LogP contribution < -0.4 is 0 Å². The van der Waals surface area contributed by atoms with Gasteiger partial charge in [0.05, 0.1) is 19.8 Å². The molecule has 0 amide bonds. The van der Waals surface area contributed by atoms with Gasteiger partial charge in [0.1, 0.15) is 6.10 Å². The molecule has 0 radical (unpaired) electrons. The molecule has 0 unspecified atom stereocenters. The Bertz CT molecular complexity index is 188. The molecular formula is C6H13O6P. The second-order valence-corrected chi connectivity index (χ2v) is 3.42. The molecule has 0 saturated carbocycles. The Hall–Kier alpha value is -0.230. The van der Waals surface area contributed by atoms with Gasteiger partial charge < -0.3 is 19.6 Å². The third-order valence-corrected chi connectivity index (χ3v) is 1.60. The standard InChI is InChI=1S/C6H13O6P/c1-2-3-11-5-6(4-7)12-13(8,9)10/h2,6-7H,1,3-5H2,(H2,8,9,10)/t6-/m0/s1. The number of hydrogen-bond acceptors (Lipinski definition) is 4. The molecule has 13 heavy (non-hydrogen) atoms. The summed E-state index contributed by atoms with van der Waals surface area (Å²) in [5.41, 5.74) is 0. The topological polar surface area (TPSA) is 96.2 Å². The highest BCUT2D eigenvalue weighted by Crippen LogP contribution is 2.37. The fraction of sp³-hybridized carbons (Fsp3) is 0.667. The van der Waals surface area contributed by atoms with Crippen LogP contribution in [-0.2, 0) is 13.8 Å². The van der Waals surface area contributed by atoms with E-state index in [1.807, 2.05) is 0 Å². The number of phosphoric ester groups is 1. The van der Waals surface area contributed by atoms with Crippen molar-refractivity contribution in [3.8, 4) is 0 Å². The monoisotopic (exact) mass is 212 g/mol. The molecule has 0 aliphatic heterocycles. The summed E-state index contributed by atoms with van der Waals surface area (Å²) in [7, 11) is -4.55. The molecule has 0 aromatic rings. The van der Waals surface area contributed by atoms with Crippen molar-refractivity contribution in [1.29, 1.82) is 0 Å². The van der Waals surface area contributed by atoms with Gasteiger partial charge in [-0.1, -0.05) is 6.08 Å². The third kappa shape index (κ3) is 8.11. The van der Waals surface area contributed by atoms with Crippen LogP contribution in [0.4, 0.5) is 0 Å². The smallest absolute Gasteiger partial charge is 0.394 e. The van der Waals surface area contributed by atoms with Gasteiger partial charge in [-0.15, -0.1) is 6.58 Å².